The van der Waals surface area contributed by atoms with Gasteiger partial charge in [0, 0.05) is 5.56 Å². The van der Waals surface area contributed by atoms with E-state index in [9.17, 15) is 0 Å². The molecule has 155 valence electrons. The van der Waals surface area contributed by atoms with E-state index < -0.39 is 16.4 Å². The topological polar surface area (TPSA) is 9.23 Å². The molecule has 1 heterocycles. The van der Waals surface area contributed by atoms with Crippen molar-refractivity contribution in [3.05, 3.63) is 54.1 Å². The average molecular weight is 550 g/mol. The van der Waals surface area contributed by atoms with Crippen LogP contribution in [-0.4, -0.2) is 16.4 Å². The second kappa shape index (κ2) is 8.79. The predicted molar refractivity (Wildman–Crippen MR) is 124 cm³/mol. The summed E-state index contributed by atoms with van der Waals surface area (Å²) in [6.07, 6.45) is 7.83. The Labute approximate surface area is 213 Å². The van der Waals surface area contributed by atoms with E-state index in [4.69, 9.17) is 4.43 Å². The molecule has 0 amide bonds. The van der Waals surface area contributed by atoms with E-state index in [2.05, 4.69) is 81.7 Å². The van der Waals surface area contributed by atoms with Crippen LogP contribution in [0.4, 0.5) is 0 Å². The Kier molecular flexibility index (Phi) is 7.54. The molecule has 0 bridgehead atoms. The van der Waals surface area contributed by atoms with Gasteiger partial charge in [-0.3, -0.25) is 0 Å². The molecule has 0 spiro atoms. The van der Waals surface area contributed by atoms with Crippen molar-refractivity contribution in [2.45, 2.75) is 45.6 Å². The molecule has 2 aliphatic rings. The summed E-state index contributed by atoms with van der Waals surface area (Å²) in [5.41, 5.74) is 2.91. The largest absolute Gasteiger partial charge is 3.00 e. The van der Waals surface area contributed by atoms with Crippen LogP contribution in [-0.2, 0) is 26.2 Å². The zero-order valence-electron chi connectivity index (χ0n) is 18.2. The number of allylic oxidation sites excluding steroid dienone is 4. The quantitative estimate of drug-likeness (QED) is 0.324. The molecule has 6 heteroatoms. The Bertz CT molecular complexity index is 1170. The SMILES string of the molecule is CC[Si]1(C)c2c(C3=CC=CC3)c(O[Si](C)(C)C)c3c([cH-]c4ccccc43)c21.[Cl-].[Cl-].[Zr+3]. The number of hydrogen-bond acceptors (Lipinski definition) is 1. The van der Waals surface area contributed by atoms with Crippen LogP contribution in [0.25, 0.3) is 27.1 Å². The molecule has 1 aliphatic carbocycles. The van der Waals surface area contributed by atoms with Crippen LogP contribution in [0.1, 0.15) is 18.9 Å². The fourth-order valence-electron chi connectivity index (χ4n) is 4.85. The Morgan fingerprint density at radius 1 is 1.10 bits per heavy atom. The van der Waals surface area contributed by atoms with E-state index in [1.165, 1.54) is 44.5 Å². The normalized spacial score (nSPS) is 18.9. The molecule has 0 aromatic heterocycles. The van der Waals surface area contributed by atoms with Crippen LogP contribution in [0, 0.1) is 0 Å². The summed E-state index contributed by atoms with van der Waals surface area (Å²) in [6, 6.07) is 12.6. The minimum atomic E-state index is -1.75. The summed E-state index contributed by atoms with van der Waals surface area (Å²) in [5.74, 6) is 1.18. The molecule has 0 N–H and O–H groups in total. The summed E-state index contributed by atoms with van der Waals surface area (Å²) in [4.78, 5) is 0. The van der Waals surface area contributed by atoms with Gasteiger partial charge in [0.25, 0.3) is 0 Å². The third kappa shape index (κ3) is 3.77. The van der Waals surface area contributed by atoms with E-state index in [-0.39, 0.29) is 51.0 Å². The number of hydrogen-bond donors (Lipinski definition) is 0. The van der Waals surface area contributed by atoms with Gasteiger partial charge in [0.15, 0.2) is 0 Å². The van der Waals surface area contributed by atoms with Gasteiger partial charge in [0.2, 0.25) is 8.32 Å². The maximum absolute atomic E-state index is 6.87. The number of benzene rings is 2. The van der Waals surface area contributed by atoms with E-state index in [1.807, 2.05) is 0 Å². The van der Waals surface area contributed by atoms with Gasteiger partial charge in [-0.1, -0.05) is 66.5 Å². The van der Waals surface area contributed by atoms with Crippen LogP contribution in [0.3, 0.4) is 0 Å². The molecule has 3 aromatic rings. The van der Waals surface area contributed by atoms with E-state index in [0.29, 0.717) is 0 Å². The van der Waals surface area contributed by atoms with Crippen molar-refractivity contribution >= 4 is 53.9 Å². The first-order chi connectivity index (χ1) is 12.8. The second-order valence-electron chi connectivity index (χ2n) is 9.20. The summed E-state index contributed by atoms with van der Waals surface area (Å²) in [6.45, 7) is 11.8. The van der Waals surface area contributed by atoms with Crippen molar-refractivity contribution in [1.82, 2.24) is 0 Å². The third-order valence-electron chi connectivity index (χ3n) is 6.27. The monoisotopic (exact) mass is 547 g/mol. The van der Waals surface area contributed by atoms with Gasteiger partial charge in [-0.15, -0.1) is 33.5 Å². The number of fused-ring (bicyclic) bond motifs is 5. The summed E-state index contributed by atoms with van der Waals surface area (Å²) >= 11 is 0. The molecule has 0 fully saturated rings. The predicted octanol–water partition coefficient (Wildman–Crippen LogP) is -0.199. The first-order valence-corrected chi connectivity index (χ1v) is 16.2. The first-order valence-electron chi connectivity index (χ1n) is 10.1. The molecule has 1 nitrogen and oxygen atoms in total. The van der Waals surface area contributed by atoms with Crippen molar-refractivity contribution in [3.63, 3.8) is 0 Å². The molecule has 0 saturated carbocycles. The van der Waals surface area contributed by atoms with Gasteiger partial charge >= 0.3 is 26.2 Å². The van der Waals surface area contributed by atoms with Crippen LogP contribution in [0.15, 0.2) is 48.6 Å². The van der Waals surface area contributed by atoms with Crippen LogP contribution < -0.4 is 39.6 Å². The van der Waals surface area contributed by atoms with Crippen molar-refractivity contribution in [3.8, 4) is 5.75 Å². The summed E-state index contributed by atoms with van der Waals surface area (Å²) < 4.78 is 6.87. The van der Waals surface area contributed by atoms with Gasteiger partial charge in [-0.05, 0) is 31.6 Å². The number of halogens is 2. The zero-order chi connectivity index (χ0) is 19.0. The fourth-order valence-corrected chi connectivity index (χ4v) is 9.72. The molecule has 1 atom stereocenters. The van der Waals surface area contributed by atoms with Gasteiger partial charge < -0.3 is 29.2 Å². The molecule has 1 radical (unpaired) electrons. The van der Waals surface area contributed by atoms with Crippen molar-refractivity contribution in [2.24, 2.45) is 0 Å². The minimum absolute atomic E-state index is 0. The minimum Gasteiger partial charge on any atom is -1.00 e. The molecule has 1 aliphatic heterocycles. The van der Waals surface area contributed by atoms with Gasteiger partial charge in [-0.2, -0.15) is 0 Å². The summed E-state index contributed by atoms with van der Waals surface area (Å²) in [7, 11) is -3.24. The maximum atomic E-state index is 6.87. The van der Waals surface area contributed by atoms with Gasteiger partial charge in [0.05, 0.1) is 13.8 Å². The van der Waals surface area contributed by atoms with Crippen molar-refractivity contribution < 1.29 is 55.4 Å². The zero-order valence-corrected chi connectivity index (χ0v) is 24.2. The van der Waals surface area contributed by atoms with E-state index in [1.54, 1.807) is 10.4 Å². The van der Waals surface area contributed by atoms with Gasteiger partial charge in [0.1, 0.15) is 0 Å². The fraction of sp³-hybridized carbons (Fsp3) is 0.292. The molecular formula is C24H27Cl2OSi2Zr. The van der Waals surface area contributed by atoms with Crippen molar-refractivity contribution in [2.75, 3.05) is 0 Å². The maximum Gasteiger partial charge on any atom is 3.00 e. The Morgan fingerprint density at radius 2 is 1.80 bits per heavy atom. The Hall–Kier alpha value is -0.513. The van der Waals surface area contributed by atoms with Crippen LogP contribution >= 0.6 is 0 Å². The Morgan fingerprint density at radius 3 is 2.40 bits per heavy atom. The molecule has 30 heavy (non-hydrogen) atoms. The van der Waals surface area contributed by atoms with Crippen LogP contribution in [0.2, 0.25) is 32.2 Å². The molecule has 5 rings (SSSR count). The first kappa shape index (κ1) is 25.7. The van der Waals surface area contributed by atoms with E-state index in [0.717, 1.165) is 6.42 Å². The molecule has 1 unspecified atom stereocenters. The standard InChI is InChI=1S/C24H27OSi2.2ClH.Zr/c1-6-27(5)23-19-15-17-13-9-10-14-18(17)21(19)22(25-26(2,3)4)20(24(23)27)16-11-7-8-12-16;;;/h7-11,13-15H,6,12H2,1-5H3;2*1H;/q-1;;;+3/p-2. The third-order valence-corrected chi connectivity index (χ3v) is 11.5. The van der Waals surface area contributed by atoms with Gasteiger partial charge in [-0.25, -0.2) is 0 Å². The average Bonchev–Trinajstić information content (AvgIpc) is 3.01. The smallest absolute Gasteiger partial charge is 1.00 e. The second-order valence-corrected chi connectivity index (χ2v) is 18.0. The molecule has 3 aromatic carbocycles. The molecule has 0 saturated heterocycles. The van der Waals surface area contributed by atoms with E-state index >= 15 is 0 Å². The molecular weight excluding hydrogens is 523 g/mol. The van der Waals surface area contributed by atoms with Crippen LogP contribution in [0.5, 0.6) is 5.75 Å². The number of rotatable bonds is 4. The van der Waals surface area contributed by atoms with Crippen molar-refractivity contribution in [1.29, 1.82) is 0 Å². The Balaban J connectivity index is 0.00000107. The summed E-state index contributed by atoms with van der Waals surface area (Å²) in [5, 5.41) is 8.93.